The third kappa shape index (κ3) is 1.70. The number of aliphatic imine (C=N–C) groups is 2. The summed E-state index contributed by atoms with van der Waals surface area (Å²) in [5, 5.41) is 11.7. The van der Waals surface area contributed by atoms with Crippen LogP contribution >= 0.6 is 0 Å². The van der Waals surface area contributed by atoms with Crippen LogP contribution in [0.25, 0.3) is 0 Å². The van der Waals surface area contributed by atoms with Crippen molar-refractivity contribution in [3.05, 3.63) is 0 Å². The van der Waals surface area contributed by atoms with Crippen LogP contribution < -0.4 is 5.32 Å². The number of ether oxygens (including phenoxy) is 1. The molecule has 1 saturated heterocycles. The molecule has 0 aromatic rings. The van der Waals surface area contributed by atoms with Gasteiger partial charge >= 0.3 is 0 Å². The molecule has 3 rings (SSSR count). The molecule has 18 heavy (non-hydrogen) atoms. The fraction of sp³-hybridized carbons (Fsp3) is 0.727. The predicted octanol–water partition coefficient (Wildman–Crippen LogP) is -1.07. The Morgan fingerprint density at radius 3 is 3.17 bits per heavy atom. The summed E-state index contributed by atoms with van der Waals surface area (Å²) in [6.07, 6.45) is 3.22. The van der Waals surface area contributed by atoms with Crippen molar-refractivity contribution >= 4 is 18.6 Å². The van der Waals surface area contributed by atoms with Gasteiger partial charge in [0, 0.05) is 5.92 Å². The number of aliphatic hydroxyl groups excluding tert-OH is 1. The minimum atomic E-state index is -0.487. The van der Waals surface area contributed by atoms with Gasteiger partial charge in [-0.05, 0) is 6.42 Å². The monoisotopic (exact) mass is 252 g/mol. The number of fused-ring (bicyclic) bond motifs is 1. The molecule has 98 valence electrons. The van der Waals surface area contributed by atoms with E-state index < -0.39 is 6.04 Å². The summed E-state index contributed by atoms with van der Waals surface area (Å²) < 4.78 is 5.77. The van der Waals surface area contributed by atoms with Gasteiger partial charge in [0.1, 0.15) is 6.23 Å². The minimum absolute atomic E-state index is 0.0175. The van der Waals surface area contributed by atoms with Crippen molar-refractivity contribution in [3.63, 3.8) is 0 Å². The number of hydrogen-bond acceptors (Lipinski definition) is 6. The zero-order valence-electron chi connectivity index (χ0n) is 10.1. The lowest BCUT2D eigenvalue weighted by Gasteiger charge is -2.32. The first-order chi connectivity index (χ1) is 8.70. The van der Waals surface area contributed by atoms with E-state index in [9.17, 15) is 4.79 Å². The molecule has 0 radical (unpaired) electrons. The van der Waals surface area contributed by atoms with Crippen molar-refractivity contribution in [1.29, 1.82) is 0 Å². The van der Waals surface area contributed by atoms with Gasteiger partial charge in [-0.25, -0.2) is 4.99 Å². The van der Waals surface area contributed by atoms with E-state index in [1.165, 1.54) is 6.34 Å². The molecule has 0 aromatic heterocycles. The highest BCUT2D eigenvalue weighted by atomic mass is 16.5. The quantitative estimate of drug-likeness (QED) is 0.655. The number of rotatable bonds is 2. The molecular formula is C11H16N4O3. The molecule has 0 saturated carbocycles. The van der Waals surface area contributed by atoms with Crippen molar-refractivity contribution in [2.24, 2.45) is 15.9 Å². The van der Waals surface area contributed by atoms with E-state index in [0.717, 1.165) is 6.42 Å². The van der Waals surface area contributed by atoms with Crippen LogP contribution in [0.5, 0.6) is 0 Å². The van der Waals surface area contributed by atoms with Crippen LogP contribution in [-0.2, 0) is 9.53 Å². The molecule has 0 aromatic carbocycles. The molecule has 3 heterocycles. The molecule has 7 heteroatoms. The minimum Gasteiger partial charge on any atom is -0.394 e. The first-order valence-corrected chi connectivity index (χ1v) is 6.10. The van der Waals surface area contributed by atoms with Crippen molar-refractivity contribution in [3.8, 4) is 0 Å². The van der Waals surface area contributed by atoms with E-state index in [2.05, 4.69) is 22.2 Å². The number of aliphatic hydroxyl groups is 1. The molecule has 1 fully saturated rings. The van der Waals surface area contributed by atoms with Gasteiger partial charge < -0.3 is 20.1 Å². The lowest BCUT2D eigenvalue weighted by Crippen LogP contribution is -2.51. The Morgan fingerprint density at radius 2 is 2.44 bits per heavy atom. The van der Waals surface area contributed by atoms with Crippen LogP contribution in [0.2, 0.25) is 0 Å². The van der Waals surface area contributed by atoms with Gasteiger partial charge in [0.05, 0.1) is 25.4 Å². The maximum Gasteiger partial charge on any atom is 0.254 e. The molecule has 5 unspecified atom stereocenters. The molecule has 0 aliphatic carbocycles. The lowest BCUT2D eigenvalue weighted by atomic mass is 10.0. The summed E-state index contributed by atoms with van der Waals surface area (Å²) in [6.45, 7) is 2.08. The van der Waals surface area contributed by atoms with Gasteiger partial charge in [0.15, 0.2) is 12.2 Å². The van der Waals surface area contributed by atoms with E-state index in [1.807, 2.05) is 4.90 Å². The second kappa shape index (κ2) is 4.33. The van der Waals surface area contributed by atoms with Gasteiger partial charge in [-0.1, -0.05) is 6.92 Å². The summed E-state index contributed by atoms with van der Waals surface area (Å²) in [4.78, 5) is 21.9. The summed E-state index contributed by atoms with van der Waals surface area (Å²) in [5.74, 6) is 0.130. The van der Waals surface area contributed by atoms with E-state index in [1.54, 1.807) is 6.34 Å². The topological polar surface area (TPSA) is 86.5 Å². The Kier molecular flexibility index (Phi) is 2.79. The molecule has 0 bridgehead atoms. The Hall–Kier alpha value is -1.47. The molecule has 7 nitrogen and oxygen atoms in total. The molecule has 2 N–H and O–H groups in total. The number of carbonyl (C=O) groups excluding carboxylic acids is 1. The molecule has 1 amide bonds. The van der Waals surface area contributed by atoms with Crippen molar-refractivity contribution < 1.29 is 14.6 Å². The van der Waals surface area contributed by atoms with Gasteiger partial charge in [-0.3, -0.25) is 9.79 Å². The summed E-state index contributed by atoms with van der Waals surface area (Å²) in [6, 6.07) is -0.487. The fourth-order valence-corrected chi connectivity index (χ4v) is 2.70. The van der Waals surface area contributed by atoms with Gasteiger partial charge in [0.2, 0.25) is 0 Å². The van der Waals surface area contributed by atoms with Crippen molar-refractivity contribution in [2.75, 3.05) is 6.61 Å². The Labute approximate surface area is 105 Å². The maximum atomic E-state index is 11.6. The summed E-state index contributed by atoms with van der Waals surface area (Å²) in [7, 11) is 0. The summed E-state index contributed by atoms with van der Waals surface area (Å²) >= 11 is 0. The highest BCUT2D eigenvalue weighted by molar-refractivity contribution is 5.96. The standard InChI is InChI=1S/C11H16N4O3/c1-6-2-7(3-16)18-11(6)15-5-14-8-9(15)12-4-13-10(8)17/h4-9,11,16H,2-3H2,1H3,(H,12,13,17). The van der Waals surface area contributed by atoms with E-state index in [0.29, 0.717) is 0 Å². The zero-order chi connectivity index (χ0) is 12.7. The van der Waals surface area contributed by atoms with Crippen LogP contribution in [0.15, 0.2) is 9.98 Å². The highest BCUT2D eigenvalue weighted by Gasteiger charge is 2.45. The SMILES string of the molecule is CC1CC(CO)OC1N1C=NC2C(=O)NC=NC21. The molecule has 3 aliphatic heterocycles. The highest BCUT2D eigenvalue weighted by Crippen LogP contribution is 2.32. The van der Waals surface area contributed by atoms with Crippen LogP contribution in [0.1, 0.15) is 13.3 Å². The average Bonchev–Trinajstić information content (AvgIpc) is 2.93. The Bertz CT molecular complexity index is 411. The van der Waals surface area contributed by atoms with Crippen LogP contribution in [0.3, 0.4) is 0 Å². The predicted molar refractivity (Wildman–Crippen MR) is 64.1 cm³/mol. The fourth-order valence-electron chi connectivity index (χ4n) is 2.70. The Morgan fingerprint density at radius 1 is 1.61 bits per heavy atom. The second-order valence-corrected chi connectivity index (χ2v) is 4.90. The third-order valence-electron chi connectivity index (χ3n) is 3.60. The summed E-state index contributed by atoms with van der Waals surface area (Å²) in [5.41, 5.74) is 0. The smallest absolute Gasteiger partial charge is 0.254 e. The maximum absolute atomic E-state index is 11.6. The zero-order valence-corrected chi connectivity index (χ0v) is 10.1. The average molecular weight is 252 g/mol. The van der Waals surface area contributed by atoms with Crippen molar-refractivity contribution in [1.82, 2.24) is 10.2 Å². The second-order valence-electron chi connectivity index (χ2n) is 4.90. The van der Waals surface area contributed by atoms with Gasteiger partial charge in [-0.2, -0.15) is 0 Å². The number of amides is 1. The number of carbonyl (C=O) groups is 1. The molecule has 5 atom stereocenters. The largest absolute Gasteiger partial charge is 0.394 e. The molecule has 3 aliphatic rings. The van der Waals surface area contributed by atoms with Crippen LogP contribution in [-0.4, -0.2) is 59.7 Å². The Balaban J connectivity index is 1.78. The van der Waals surface area contributed by atoms with Crippen LogP contribution in [0, 0.1) is 5.92 Å². The van der Waals surface area contributed by atoms with Crippen molar-refractivity contribution in [2.45, 2.75) is 37.9 Å². The van der Waals surface area contributed by atoms with E-state index in [-0.39, 0.29) is 36.9 Å². The van der Waals surface area contributed by atoms with Crippen LogP contribution in [0.4, 0.5) is 0 Å². The first-order valence-electron chi connectivity index (χ1n) is 6.10. The third-order valence-corrected chi connectivity index (χ3v) is 3.60. The van der Waals surface area contributed by atoms with Gasteiger partial charge in [0.25, 0.3) is 5.91 Å². The normalized spacial score (nSPS) is 42.2. The number of nitrogens with zero attached hydrogens (tertiary/aromatic N) is 3. The lowest BCUT2D eigenvalue weighted by molar-refractivity contribution is -0.123. The molecule has 0 spiro atoms. The number of hydrogen-bond donors (Lipinski definition) is 2. The molecular weight excluding hydrogens is 236 g/mol. The van der Waals surface area contributed by atoms with E-state index >= 15 is 0 Å². The number of nitrogens with one attached hydrogen (secondary N) is 1. The van der Waals surface area contributed by atoms with E-state index in [4.69, 9.17) is 9.84 Å². The first kappa shape index (κ1) is 11.6. The van der Waals surface area contributed by atoms with Gasteiger partial charge in [-0.15, -0.1) is 0 Å².